The van der Waals surface area contributed by atoms with Gasteiger partial charge in [-0.15, -0.1) is 0 Å². The lowest BCUT2D eigenvalue weighted by atomic mass is 9.98. The van der Waals surface area contributed by atoms with Crippen LogP contribution < -0.4 is 5.32 Å². The van der Waals surface area contributed by atoms with Crippen LogP contribution in [0.15, 0.2) is 109 Å². The number of carbonyl (C=O) groups is 1. The summed E-state index contributed by atoms with van der Waals surface area (Å²) in [6.45, 7) is 0. The topological polar surface area (TPSA) is 46.9 Å². The largest absolute Gasteiger partial charge is 0.344 e. The Balaban J connectivity index is 1.54. The Morgan fingerprint density at radius 3 is 2.19 bits per heavy atom. The van der Waals surface area contributed by atoms with Crippen molar-refractivity contribution in [2.75, 3.05) is 0 Å². The summed E-state index contributed by atoms with van der Waals surface area (Å²) in [6.07, 6.45) is 0.613. The summed E-state index contributed by atoms with van der Waals surface area (Å²) in [5.41, 5.74) is 4.17. The maximum Gasteiger partial charge on any atom is 0.270 e. The van der Waals surface area contributed by atoms with Crippen molar-refractivity contribution in [3.05, 3.63) is 142 Å². The Morgan fingerprint density at radius 2 is 1.51 bits per heavy atom. The first-order valence-corrected chi connectivity index (χ1v) is 12.4. The van der Waals surface area contributed by atoms with Crippen molar-refractivity contribution >= 4 is 29.1 Å². The number of benzene rings is 4. The van der Waals surface area contributed by atoms with Crippen LogP contribution in [0.3, 0.4) is 0 Å². The normalized spacial score (nSPS) is 11.8. The highest BCUT2D eigenvalue weighted by Gasteiger charge is 2.22. The molecule has 0 aliphatic rings. The van der Waals surface area contributed by atoms with Crippen molar-refractivity contribution in [2.24, 2.45) is 0 Å². The van der Waals surface area contributed by atoms with Gasteiger partial charge in [0.15, 0.2) is 0 Å². The third-order valence-electron chi connectivity index (χ3n) is 6.02. The van der Waals surface area contributed by atoms with E-state index in [4.69, 9.17) is 23.2 Å². The Morgan fingerprint density at radius 1 is 0.838 bits per heavy atom. The fourth-order valence-electron chi connectivity index (χ4n) is 4.14. The van der Waals surface area contributed by atoms with Gasteiger partial charge in [-0.25, -0.2) is 9.07 Å². The van der Waals surface area contributed by atoms with E-state index in [1.807, 2.05) is 60.7 Å². The van der Waals surface area contributed by atoms with Gasteiger partial charge in [0.1, 0.15) is 11.5 Å². The minimum Gasteiger partial charge on any atom is -0.344 e. The van der Waals surface area contributed by atoms with Gasteiger partial charge in [0.2, 0.25) is 0 Å². The molecule has 37 heavy (non-hydrogen) atoms. The molecule has 184 valence electrons. The van der Waals surface area contributed by atoms with Gasteiger partial charge in [-0.1, -0.05) is 83.9 Å². The molecule has 5 aromatic rings. The molecule has 0 aliphatic carbocycles. The van der Waals surface area contributed by atoms with E-state index in [-0.39, 0.29) is 17.8 Å². The highest BCUT2D eigenvalue weighted by atomic mass is 35.5. The standard InChI is InChI=1S/C30H22Cl2FN3O/c31-25-16-15-24(18-26(25)32)36-29(19-28(35-36)22-11-13-23(33)14-12-22)30(37)34-27(21-9-5-2-6-10-21)17-20-7-3-1-4-8-20/h1-16,18-19,27H,17H2,(H,34,37). The van der Waals surface area contributed by atoms with Crippen molar-refractivity contribution in [3.8, 4) is 16.9 Å². The summed E-state index contributed by atoms with van der Waals surface area (Å²) >= 11 is 12.4. The van der Waals surface area contributed by atoms with Crippen LogP contribution in [0, 0.1) is 5.82 Å². The van der Waals surface area contributed by atoms with Gasteiger partial charge in [-0.3, -0.25) is 4.79 Å². The smallest absolute Gasteiger partial charge is 0.270 e. The second-order valence-electron chi connectivity index (χ2n) is 8.56. The van der Waals surface area contributed by atoms with Crippen LogP contribution in [0.25, 0.3) is 16.9 Å². The van der Waals surface area contributed by atoms with Crippen molar-refractivity contribution in [2.45, 2.75) is 12.5 Å². The van der Waals surface area contributed by atoms with Gasteiger partial charge >= 0.3 is 0 Å². The van der Waals surface area contributed by atoms with Crippen LogP contribution in [0.2, 0.25) is 10.0 Å². The predicted octanol–water partition coefficient (Wildman–Crippen LogP) is 7.70. The zero-order valence-corrected chi connectivity index (χ0v) is 21.1. The number of aromatic nitrogens is 2. The third-order valence-corrected chi connectivity index (χ3v) is 6.76. The number of nitrogens with zero attached hydrogens (tertiary/aromatic N) is 2. The minimum absolute atomic E-state index is 0.275. The fourth-order valence-corrected chi connectivity index (χ4v) is 4.43. The van der Waals surface area contributed by atoms with Gasteiger partial charge in [0, 0.05) is 5.56 Å². The van der Waals surface area contributed by atoms with Crippen molar-refractivity contribution in [1.82, 2.24) is 15.1 Å². The summed E-state index contributed by atoms with van der Waals surface area (Å²) in [5, 5.41) is 8.60. The molecule has 0 aliphatic heterocycles. The first kappa shape index (κ1) is 24.8. The molecule has 7 heteroatoms. The highest BCUT2D eigenvalue weighted by Crippen LogP contribution is 2.28. The van der Waals surface area contributed by atoms with Gasteiger partial charge in [0.25, 0.3) is 5.91 Å². The second-order valence-corrected chi connectivity index (χ2v) is 9.37. The monoisotopic (exact) mass is 529 g/mol. The number of carbonyl (C=O) groups excluding carboxylic acids is 1. The average molecular weight is 530 g/mol. The minimum atomic E-state index is -0.350. The number of amides is 1. The van der Waals surface area contributed by atoms with E-state index in [2.05, 4.69) is 10.4 Å². The molecule has 0 saturated heterocycles. The Labute approximate surface area is 224 Å². The molecule has 4 nitrogen and oxygen atoms in total. The van der Waals surface area contributed by atoms with Gasteiger partial charge in [0.05, 0.1) is 27.5 Å². The molecule has 0 radical (unpaired) electrons. The molecule has 1 aromatic heterocycles. The Kier molecular flexibility index (Phi) is 7.35. The van der Waals surface area contributed by atoms with Crippen LogP contribution in [-0.4, -0.2) is 15.7 Å². The SMILES string of the molecule is O=C(NC(Cc1ccccc1)c1ccccc1)c1cc(-c2ccc(F)cc2)nn1-c1ccc(Cl)c(Cl)c1. The van der Waals surface area contributed by atoms with Gasteiger partial charge in [-0.05, 0) is 66.1 Å². The summed E-state index contributed by atoms with van der Waals surface area (Å²) in [5.74, 6) is -0.658. The lowest BCUT2D eigenvalue weighted by molar-refractivity contribution is 0.0928. The van der Waals surface area contributed by atoms with Crippen LogP contribution in [-0.2, 0) is 6.42 Å². The van der Waals surface area contributed by atoms with Crippen LogP contribution in [0.1, 0.15) is 27.7 Å². The zero-order valence-electron chi connectivity index (χ0n) is 19.6. The first-order chi connectivity index (χ1) is 18.0. The molecular formula is C30H22Cl2FN3O. The van der Waals surface area contributed by atoms with Crippen LogP contribution >= 0.6 is 23.2 Å². The molecule has 5 rings (SSSR count). The van der Waals surface area contributed by atoms with E-state index in [9.17, 15) is 9.18 Å². The van der Waals surface area contributed by atoms with Gasteiger partial charge < -0.3 is 5.32 Å². The predicted molar refractivity (Wildman–Crippen MR) is 146 cm³/mol. The molecule has 4 aromatic carbocycles. The number of halogens is 3. The molecule has 1 atom stereocenters. The first-order valence-electron chi connectivity index (χ1n) is 11.7. The van der Waals surface area contributed by atoms with Crippen molar-refractivity contribution in [1.29, 1.82) is 0 Å². The van der Waals surface area contributed by atoms with Gasteiger partial charge in [-0.2, -0.15) is 5.10 Å². The molecule has 0 spiro atoms. The molecule has 1 unspecified atom stereocenters. The Hall–Kier alpha value is -3.93. The van der Waals surface area contributed by atoms with Crippen LogP contribution in [0.4, 0.5) is 4.39 Å². The second kappa shape index (κ2) is 11.0. The molecule has 0 bridgehead atoms. The fraction of sp³-hybridized carbons (Fsp3) is 0.0667. The summed E-state index contributed by atoms with van der Waals surface area (Å²) in [7, 11) is 0. The van der Waals surface area contributed by atoms with Crippen molar-refractivity contribution in [3.63, 3.8) is 0 Å². The van der Waals surface area contributed by atoms with E-state index in [0.29, 0.717) is 39.1 Å². The van der Waals surface area contributed by atoms with Crippen LogP contribution in [0.5, 0.6) is 0 Å². The van der Waals surface area contributed by atoms with Crippen molar-refractivity contribution < 1.29 is 9.18 Å². The highest BCUT2D eigenvalue weighted by molar-refractivity contribution is 6.42. The number of rotatable bonds is 7. The molecule has 0 saturated carbocycles. The lowest BCUT2D eigenvalue weighted by Crippen LogP contribution is -2.31. The molecule has 1 heterocycles. The van der Waals surface area contributed by atoms with E-state index >= 15 is 0 Å². The molecule has 0 fully saturated rings. The third kappa shape index (κ3) is 5.74. The quantitative estimate of drug-likeness (QED) is 0.234. The number of hydrogen-bond donors (Lipinski definition) is 1. The molecule has 1 amide bonds. The maximum atomic E-state index is 13.8. The average Bonchev–Trinajstić information content (AvgIpc) is 3.37. The zero-order chi connectivity index (χ0) is 25.8. The number of nitrogens with one attached hydrogen (secondary N) is 1. The number of hydrogen-bond acceptors (Lipinski definition) is 2. The summed E-state index contributed by atoms with van der Waals surface area (Å²) < 4.78 is 15.1. The van der Waals surface area contributed by atoms with E-state index < -0.39 is 0 Å². The summed E-state index contributed by atoms with van der Waals surface area (Å²) in [4.78, 5) is 13.8. The molecule has 1 N–H and O–H groups in total. The maximum absolute atomic E-state index is 13.8. The van der Waals surface area contributed by atoms with E-state index in [1.165, 1.54) is 16.8 Å². The molecular weight excluding hydrogens is 508 g/mol. The summed E-state index contributed by atoms with van der Waals surface area (Å²) in [6, 6.07) is 32.3. The van der Waals surface area contributed by atoms with E-state index in [0.717, 1.165) is 11.1 Å². The Bertz CT molecular complexity index is 1520. The van der Waals surface area contributed by atoms with E-state index in [1.54, 1.807) is 36.4 Å². The lowest BCUT2D eigenvalue weighted by Gasteiger charge is -2.20.